The lowest BCUT2D eigenvalue weighted by molar-refractivity contribution is 0.470. The molecule has 14 heavy (non-hydrogen) atoms. The summed E-state index contributed by atoms with van der Waals surface area (Å²) < 4.78 is 0. The minimum absolute atomic E-state index is 0.0898. The van der Waals surface area contributed by atoms with Gasteiger partial charge in [-0.3, -0.25) is 0 Å². The first kappa shape index (κ1) is 11.5. The molecule has 0 aliphatic heterocycles. The molecule has 0 radical (unpaired) electrons. The molecule has 1 heterocycles. The van der Waals surface area contributed by atoms with Gasteiger partial charge in [-0.1, -0.05) is 0 Å². The Balaban J connectivity index is 2.78. The molecule has 0 saturated heterocycles. The average molecular weight is 213 g/mol. The highest BCUT2D eigenvalue weighted by atomic mass is 32.1. The zero-order valence-corrected chi connectivity index (χ0v) is 10.3. The van der Waals surface area contributed by atoms with Gasteiger partial charge in [0.05, 0.1) is 5.69 Å². The van der Waals surface area contributed by atoms with Crippen molar-refractivity contribution >= 4 is 16.5 Å². The van der Waals surface area contributed by atoms with Gasteiger partial charge in [-0.2, -0.15) is 0 Å². The summed E-state index contributed by atoms with van der Waals surface area (Å²) in [4.78, 5) is 5.69. The molecule has 0 aliphatic carbocycles. The Bertz CT molecular complexity index is 296. The maximum atomic E-state index is 5.88. The van der Waals surface area contributed by atoms with E-state index in [-0.39, 0.29) is 11.6 Å². The van der Waals surface area contributed by atoms with Crippen LogP contribution in [0.3, 0.4) is 0 Å². The highest BCUT2D eigenvalue weighted by Gasteiger charge is 2.23. The first-order valence-electron chi connectivity index (χ1n) is 4.80. The number of anilines is 1. The quantitative estimate of drug-likeness (QED) is 0.810. The fourth-order valence-electron chi connectivity index (χ4n) is 0.916. The predicted octanol–water partition coefficient (Wildman–Crippen LogP) is 2.30. The van der Waals surface area contributed by atoms with Crippen molar-refractivity contribution in [2.45, 2.75) is 46.2 Å². The van der Waals surface area contributed by atoms with E-state index in [0.29, 0.717) is 0 Å². The zero-order chi connectivity index (χ0) is 10.9. The molecule has 1 unspecified atom stereocenters. The van der Waals surface area contributed by atoms with Gasteiger partial charge >= 0.3 is 0 Å². The summed E-state index contributed by atoms with van der Waals surface area (Å²) in [6.45, 7) is 10.3. The number of aryl methyl sites for hydroxylation is 2. The third-order valence-corrected chi connectivity index (χ3v) is 3.58. The molecule has 1 aromatic rings. The molecule has 4 heteroatoms. The van der Waals surface area contributed by atoms with Gasteiger partial charge in [-0.25, -0.2) is 4.98 Å². The normalized spacial score (nSPS) is 14.1. The first-order chi connectivity index (χ1) is 6.33. The molecule has 0 saturated carbocycles. The average Bonchev–Trinajstić information content (AvgIpc) is 2.29. The molecule has 0 fully saturated rings. The van der Waals surface area contributed by atoms with E-state index < -0.39 is 0 Å². The van der Waals surface area contributed by atoms with E-state index in [1.807, 2.05) is 13.8 Å². The molecule has 0 aliphatic rings. The first-order valence-corrected chi connectivity index (χ1v) is 5.62. The van der Waals surface area contributed by atoms with Crippen molar-refractivity contribution in [1.82, 2.24) is 4.98 Å². The Morgan fingerprint density at radius 3 is 2.36 bits per heavy atom. The molecule has 0 amide bonds. The van der Waals surface area contributed by atoms with Crippen LogP contribution in [0, 0.1) is 13.8 Å². The van der Waals surface area contributed by atoms with Gasteiger partial charge in [0, 0.05) is 16.5 Å². The van der Waals surface area contributed by atoms with Crippen LogP contribution in [-0.4, -0.2) is 16.6 Å². The van der Waals surface area contributed by atoms with Crippen molar-refractivity contribution in [3.8, 4) is 0 Å². The lowest BCUT2D eigenvalue weighted by Gasteiger charge is -2.29. The van der Waals surface area contributed by atoms with Crippen molar-refractivity contribution in [2.75, 3.05) is 5.32 Å². The summed E-state index contributed by atoms with van der Waals surface area (Å²) >= 11 is 1.68. The van der Waals surface area contributed by atoms with Crippen LogP contribution in [0.4, 0.5) is 5.13 Å². The molecular weight excluding hydrogens is 194 g/mol. The molecule has 0 spiro atoms. The molecule has 0 bridgehead atoms. The van der Waals surface area contributed by atoms with Crippen LogP contribution in [0.15, 0.2) is 0 Å². The van der Waals surface area contributed by atoms with Gasteiger partial charge in [0.25, 0.3) is 0 Å². The third-order valence-electron chi connectivity index (χ3n) is 2.60. The monoisotopic (exact) mass is 213 g/mol. The van der Waals surface area contributed by atoms with Gasteiger partial charge < -0.3 is 11.1 Å². The maximum Gasteiger partial charge on any atom is 0.183 e. The molecule has 3 nitrogen and oxygen atoms in total. The SMILES string of the molecule is Cc1nc(NC(C)(C)C(C)N)sc1C. The third kappa shape index (κ3) is 2.45. The van der Waals surface area contributed by atoms with Crippen LogP contribution in [0.5, 0.6) is 0 Å². The molecule has 0 aromatic carbocycles. The van der Waals surface area contributed by atoms with E-state index in [0.717, 1.165) is 10.8 Å². The number of hydrogen-bond acceptors (Lipinski definition) is 4. The van der Waals surface area contributed by atoms with Crippen LogP contribution < -0.4 is 11.1 Å². The summed E-state index contributed by atoms with van der Waals surface area (Å²) in [6, 6.07) is 0.0898. The van der Waals surface area contributed by atoms with E-state index in [1.54, 1.807) is 11.3 Å². The number of aromatic nitrogens is 1. The van der Waals surface area contributed by atoms with Gasteiger partial charge in [0.2, 0.25) is 0 Å². The van der Waals surface area contributed by atoms with Crippen LogP contribution in [0.25, 0.3) is 0 Å². The number of thiazole rings is 1. The van der Waals surface area contributed by atoms with Crippen molar-refractivity contribution in [3.05, 3.63) is 10.6 Å². The summed E-state index contributed by atoms with van der Waals surface area (Å²) in [6.07, 6.45) is 0. The lowest BCUT2D eigenvalue weighted by atomic mass is 9.97. The Labute approximate surface area is 89.7 Å². The molecule has 3 N–H and O–H groups in total. The van der Waals surface area contributed by atoms with E-state index in [1.165, 1.54) is 4.88 Å². The molecule has 1 rings (SSSR count). The predicted molar refractivity (Wildman–Crippen MR) is 62.9 cm³/mol. The Hall–Kier alpha value is -0.610. The van der Waals surface area contributed by atoms with Crippen molar-refractivity contribution in [3.63, 3.8) is 0 Å². The summed E-state index contributed by atoms with van der Waals surface area (Å²) in [5, 5.41) is 4.32. The van der Waals surface area contributed by atoms with Crippen LogP contribution in [0.2, 0.25) is 0 Å². The van der Waals surface area contributed by atoms with Gasteiger partial charge in [0.15, 0.2) is 5.13 Å². The van der Waals surface area contributed by atoms with Crippen molar-refractivity contribution < 1.29 is 0 Å². The highest BCUT2D eigenvalue weighted by molar-refractivity contribution is 7.15. The lowest BCUT2D eigenvalue weighted by Crippen LogP contribution is -2.47. The smallest absolute Gasteiger partial charge is 0.183 e. The Morgan fingerprint density at radius 2 is 2.00 bits per heavy atom. The summed E-state index contributed by atoms with van der Waals surface area (Å²) in [7, 11) is 0. The number of hydrogen-bond donors (Lipinski definition) is 2. The van der Waals surface area contributed by atoms with Crippen molar-refractivity contribution in [1.29, 1.82) is 0 Å². The second-order valence-electron chi connectivity index (χ2n) is 4.30. The Morgan fingerprint density at radius 1 is 1.43 bits per heavy atom. The van der Waals surface area contributed by atoms with Gasteiger partial charge in [0.1, 0.15) is 0 Å². The number of nitrogens with one attached hydrogen (secondary N) is 1. The van der Waals surface area contributed by atoms with Crippen LogP contribution >= 0.6 is 11.3 Å². The van der Waals surface area contributed by atoms with Crippen molar-refractivity contribution in [2.24, 2.45) is 5.73 Å². The number of rotatable bonds is 3. The molecule has 1 aromatic heterocycles. The molecule has 1 atom stereocenters. The van der Waals surface area contributed by atoms with E-state index in [2.05, 4.69) is 31.1 Å². The topological polar surface area (TPSA) is 50.9 Å². The fraction of sp³-hybridized carbons (Fsp3) is 0.700. The second-order valence-corrected chi connectivity index (χ2v) is 5.50. The maximum absolute atomic E-state index is 5.88. The molecule has 80 valence electrons. The Kier molecular flexibility index (Phi) is 3.17. The number of nitrogens with zero attached hydrogens (tertiary/aromatic N) is 1. The van der Waals surface area contributed by atoms with Gasteiger partial charge in [-0.15, -0.1) is 11.3 Å². The summed E-state index contributed by atoms with van der Waals surface area (Å²) in [5.74, 6) is 0. The second kappa shape index (κ2) is 3.87. The fourth-order valence-corrected chi connectivity index (χ4v) is 1.90. The van der Waals surface area contributed by atoms with E-state index in [4.69, 9.17) is 5.73 Å². The van der Waals surface area contributed by atoms with Crippen LogP contribution in [-0.2, 0) is 0 Å². The standard InChI is InChI=1S/C10H19N3S/c1-6-7(2)14-9(12-6)13-10(4,5)8(3)11/h8H,11H2,1-5H3,(H,12,13). The van der Waals surface area contributed by atoms with Gasteiger partial charge in [-0.05, 0) is 34.6 Å². The van der Waals surface area contributed by atoms with E-state index >= 15 is 0 Å². The molecular formula is C10H19N3S. The summed E-state index contributed by atoms with van der Waals surface area (Å²) in [5.41, 5.74) is 6.86. The minimum Gasteiger partial charge on any atom is -0.355 e. The minimum atomic E-state index is -0.114. The largest absolute Gasteiger partial charge is 0.355 e. The number of nitrogens with two attached hydrogens (primary N) is 1. The van der Waals surface area contributed by atoms with E-state index in [9.17, 15) is 0 Å². The zero-order valence-electron chi connectivity index (χ0n) is 9.51. The highest BCUT2D eigenvalue weighted by Crippen LogP contribution is 2.24. The van der Waals surface area contributed by atoms with Crippen LogP contribution in [0.1, 0.15) is 31.3 Å².